The van der Waals surface area contributed by atoms with Crippen LogP contribution in [0.25, 0.3) is 0 Å². The first-order chi connectivity index (χ1) is 11.5. The Labute approximate surface area is 148 Å². The third-order valence-corrected chi connectivity index (χ3v) is 4.81. The monoisotopic (exact) mass is 343 g/mol. The van der Waals surface area contributed by atoms with Gasteiger partial charge in [0.1, 0.15) is 6.10 Å². The zero-order valence-corrected chi connectivity index (χ0v) is 14.7. The highest BCUT2D eigenvalue weighted by molar-refractivity contribution is 6.30. The van der Waals surface area contributed by atoms with Gasteiger partial charge >= 0.3 is 0 Å². The molecule has 2 aromatic rings. The fraction of sp³-hybridized carbons (Fsp3) is 0.350. The van der Waals surface area contributed by atoms with Crippen LogP contribution in [0.1, 0.15) is 42.1 Å². The van der Waals surface area contributed by atoms with E-state index in [0.29, 0.717) is 11.6 Å². The topological polar surface area (TPSA) is 38.3 Å². The predicted molar refractivity (Wildman–Crippen MR) is 96.3 cm³/mol. The standard InChI is InChI=1S/C20H22ClNO2/c1-13-4-3-5-16(12-13)14(2)20(23)22-18-10-11-24-19(18)15-6-8-17(21)9-7-15/h3-9,12,14,18-19H,10-11H2,1-2H3,(H,22,23)/t14-,18-,19-/m0/s1. The Hall–Kier alpha value is -1.84. The number of carbonyl (C=O) groups is 1. The smallest absolute Gasteiger partial charge is 0.227 e. The molecular weight excluding hydrogens is 322 g/mol. The Morgan fingerprint density at radius 2 is 2.00 bits per heavy atom. The minimum atomic E-state index is -0.184. The molecule has 1 amide bonds. The van der Waals surface area contributed by atoms with Crippen molar-refractivity contribution in [1.29, 1.82) is 0 Å². The summed E-state index contributed by atoms with van der Waals surface area (Å²) in [5.41, 5.74) is 3.25. The number of hydrogen-bond acceptors (Lipinski definition) is 2. The lowest BCUT2D eigenvalue weighted by atomic mass is 9.97. The summed E-state index contributed by atoms with van der Waals surface area (Å²) in [6.07, 6.45) is 0.704. The molecule has 4 heteroatoms. The van der Waals surface area contributed by atoms with E-state index in [1.54, 1.807) is 0 Å². The molecule has 1 fully saturated rings. The van der Waals surface area contributed by atoms with Gasteiger partial charge < -0.3 is 10.1 Å². The number of hydrogen-bond donors (Lipinski definition) is 1. The first-order valence-corrected chi connectivity index (χ1v) is 8.66. The van der Waals surface area contributed by atoms with Crippen molar-refractivity contribution in [3.8, 4) is 0 Å². The third kappa shape index (κ3) is 3.80. The van der Waals surface area contributed by atoms with Gasteiger partial charge in [-0.3, -0.25) is 4.79 Å². The van der Waals surface area contributed by atoms with E-state index in [-0.39, 0.29) is 24.0 Å². The molecule has 0 saturated carbocycles. The van der Waals surface area contributed by atoms with Crippen molar-refractivity contribution in [1.82, 2.24) is 5.32 Å². The molecule has 126 valence electrons. The zero-order chi connectivity index (χ0) is 17.1. The SMILES string of the molecule is Cc1cccc([C@H](C)C(=O)N[C@H]2CCO[C@H]2c2ccc(Cl)cc2)c1. The van der Waals surface area contributed by atoms with E-state index in [9.17, 15) is 4.79 Å². The van der Waals surface area contributed by atoms with E-state index in [0.717, 1.165) is 23.1 Å². The number of aryl methyl sites for hydroxylation is 1. The highest BCUT2D eigenvalue weighted by atomic mass is 35.5. The zero-order valence-electron chi connectivity index (χ0n) is 14.0. The first kappa shape index (κ1) is 17.0. The molecule has 0 radical (unpaired) electrons. The number of halogens is 1. The lowest BCUT2D eigenvalue weighted by Gasteiger charge is -2.22. The molecule has 1 aliphatic rings. The molecule has 0 spiro atoms. The number of rotatable bonds is 4. The highest BCUT2D eigenvalue weighted by Gasteiger charge is 2.32. The molecule has 3 rings (SSSR count). The average Bonchev–Trinajstić information content (AvgIpc) is 3.03. The van der Waals surface area contributed by atoms with E-state index in [4.69, 9.17) is 16.3 Å². The van der Waals surface area contributed by atoms with Crippen molar-refractivity contribution in [2.75, 3.05) is 6.61 Å². The van der Waals surface area contributed by atoms with E-state index >= 15 is 0 Å². The molecule has 0 unspecified atom stereocenters. The molecule has 1 N–H and O–H groups in total. The van der Waals surface area contributed by atoms with Crippen LogP contribution in [-0.4, -0.2) is 18.6 Å². The van der Waals surface area contributed by atoms with Gasteiger partial charge in [0.15, 0.2) is 0 Å². The molecule has 3 nitrogen and oxygen atoms in total. The van der Waals surface area contributed by atoms with Gasteiger partial charge in [-0.25, -0.2) is 0 Å². The number of carbonyl (C=O) groups excluding carboxylic acids is 1. The normalized spacial score (nSPS) is 21.5. The molecule has 0 aromatic heterocycles. The Balaban J connectivity index is 1.70. The number of ether oxygens (including phenoxy) is 1. The van der Waals surface area contributed by atoms with Crippen molar-refractivity contribution >= 4 is 17.5 Å². The first-order valence-electron chi connectivity index (χ1n) is 8.28. The van der Waals surface area contributed by atoms with Gasteiger partial charge in [-0.05, 0) is 43.5 Å². The van der Waals surface area contributed by atoms with Crippen LogP contribution >= 0.6 is 11.6 Å². The summed E-state index contributed by atoms with van der Waals surface area (Å²) in [5.74, 6) is -0.147. The van der Waals surface area contributed by atoms with Gasteiger partial charge in [0.2, 0.25) is 5.91 Å². The van der Waals surface area contributed by atoms with Gasteiger partial charge in [0.05, 0.1) is 12.0 Å². The Kier molecular flexibility index (Phi) is 5.22. The molecule has 0 aliphatic carbocycles. The van der Waals surface area contributed by atoms with E-state index in [1.807, 2.05) is 56.3 Å². The molecule has 24 heavy (non-hydrogen) atoms. The second kappa shape index (κ2) is 7.37. The molecular formula is C20H22ClNO2. The highest BCUT2D eigenvalue weighted by Crippen LogP contribution is 2.30. The van der Waals surface area contributed by atoms with Gasteiger partial charge in [0.25, 0.3) is 0 Å². The summed E-state index contributed by atoms with van der Waals surface area (Å²) in [5, 5.41) is 3.86. The Morgan fingerprint density at radius 3 is 2.71 bits per heavy atom. The summed E-state index contributed by atoms with van der Waals surface area (Å²) in [7, 11) is 0. The fourth-order valence-electron chi connectivity index (χ4n) is 3.12. The molecule has 0 bridgehead atoms. The van der Waals surface area contributed by atoms with Crippen LogP contribution in [0.3, 0.4) is 0 Å². The second-order valence-corrected chi connectivity index (χ2v) is 6.82. The van der Waals surface area contributed by atoms with Crippen LogP contribution in [-0.2, 0) is 9.53 Å². The van der Waals surface area contributed by atoms with E-state index < -0.39 is 0 Å². The van der Waals surface area contributed by atoms with Crippen molar-refractivity contribution in [2.45, 2.75) is 38.3 Å². The Morgan fingerprint density at radius 1 is 1.25 bits per heavy atom. The quantitative estimate of drug-likeness (QED) is 0.893. The van der Waals surface area contributed by atoms with Crippen LogP contribution < -0.4 is 5.32 Å². The molecule has 3 atom stereocenters. The van der Waals surface area contributed by atoms with Crippen LogP contribution in [0.5, 0.6) is 0 Å². The minimum absolute atomic E-state index is 0.00839. The molecule has 2 aromatic carbocycles. The third-order valence-electron chi connectivity index (χ3n) is 4.55. The number of amides is 1. The Bertz CT molecular complexity index is 714. The van der Waals surface area contributed by atoms with E-state index in [2.05, 4.69) is 11.4 Å². The fourth-order valence-corrected chi connectivity index (χ4v) is 3.24. The van der Waals surface area contributed by atoms with Crippen LogP contribution in [0.15, 0.2) is 48.5 Å². The van der Waals surface area contributed by atoms with Crippen molar-refractivity contribution in [3.05, 3.63) is 70.2 Å². The van der Waals surface area contributed by atoms with Gasteiger partial charge in [-0.1, -0.05) is 53.6 Å². The number of nitrogens with one attached hydrogen (secondary N) is 1. The van der Waals surface area contributed by atoms with Crippen LogP contribution in [0.4, 0.5) is 0 Å². The summed E-state index contributed by atoms with van der Waals surface area (Å²) in [6, 6.07) is 15.7. The maximum atomic E-state index is 12.7. The van der Waals surface area contributed by atoms with Crippen molar-refractivity contribution in [3.63, 3.8) is 0 Å². The van der Waals surface area contributed by atoms with Crippen molar-refractivity contribution < 1.29 is 9.53 Å². The van der Waals surface area contributed by atoms with Gasteiger partial charge in [-0.2, -0.15) is 0 Å². The molecule has 1 heterocycles. The van der Waals surface area contributed by atoms with Crippen LogP contribution in [0.2, 0.25) is 5.02 Å². The van der Waals surface area contributed by atoms with Crippen molar-refractivity contribution in [2.24, 2.45) is 0 Å². The maximum absolute atomic E-state index is 12.7. The lowest BCUT2D eigenvalue weighted by molar-refractivity contribution is -0.123. The maximum Gasteiger partial charge on any atom is 0.227 e. The largest absolute Gasteiger partial charge is 0.371 e. The lowest BCUT2D eigenvalue weighted by Crippen LogP contribution is -2.39. The van der Waals surface area contributed by atoms with E-state index in [1.165, 1.54) is 0 Å². The van der Waals surface area contributed by atoms with Gasteiger partial charge in [-0.15, -0.1) is 0 Å². The summed E-state index contributed by atoms with van der Waals surface area (Å²) >= 11 is 5.95. The van der Waals surface area contributed by atoms with Crippen LogP contribution in [0, 0.1) is 6.92 Å². The number of benzene rings is 2. The molecule has 1 aliphatic heterocycles. The summed E-state index contributed by atoms with van der Waals surface area (Å²) in [6.45, 7) is 4.63. The summed E-state index contributed by atoms with van der Waals surface area (Å²) < 4.78 is 5.84. The van der Waals surface area contributed by atoms with Gasteiger partial charge in [0, 0.05) is 11.6 Å². The second-order valence-electron chi connectivity index (χ2n) is 6.38. The minimum Gasteiger partial charge on any atom is -0.371 e. The summed E-state index contributed by atoms with van der Waals surface area (Å²) in [4.78, 5) is 12.7. The predicted octanol–water partition coefficient (Wildman–Crippen LogP) is 4.40. The molecule has 1 saturated heterocycles. The average molecular weight is 344 g/mol.